The predicted octanol–water partition coefficient (Wildman–Crippen LogP) is 4.64. The first kappa shape index (κ1) is 22.8. The number of benzene rings is 1. The largest absolute Gasteiger partial charge is 0.490 e. The van der Waals surface area contributed by atoms with Gasteiger partial charge < -0.3 is 24.4 Å². The number of ether oxygens (including phenoxy) is 3. The second-order valence-electron chi connectivity index (χ2n) is 7.22. The Kier molecular flexibility index (Phi) is 9.24. The maximum absolute atomic E-state index is 5.84. The average Bonchev–Trinajstić information content (AvgIpc) is 3.44. The monoisotopic (exact) mass is 448 g/mol. The molecule has 1 aliphatic heterocycles. The second-order valence-corrected chi connectivity index (χ2v) is 8.64. The van der Waals surface area contributed by atoms with Crippen molar-refractivity contribution in [2.45, 2.75) is 45.8 Å². The number of hydrogen-bond donors (Lipinski definition) is 1. The fourth-order valence-corrected chi connectivity index (χ4v) is 4.48. The van der Waals surface area contributed by atoms with Crippen LogP contribution in [0.3, 0.4) is 0 Å². The molecular weight excluding hydrogens is 416 g/mol. The van der Waals surface area contributed by atoms with Gasteiger partial charge in [-0.25, -0.2) is 0 Å². The third kappa shape index (κ3) is 6.86. The van der Waals surface area contributed by atoms with Crippen molar-refractivity contribution in [3.8, 4) is 11.5 Å². The molecule has 5 nitrogen and oxygen atoms in total. The molecule has 1 aliphatic rings. The van der Waals surface area contributed by atoms with E-state index in [1.165, 1.54) is 10.4 Å². The zero-order valence-electron chi connectivity index (χ0n) is 17.9. The smallest absolute Gasteiger partial charge is 0.169 e. The summed E-state index contributed by atoms with van der Waals surface area (Å²) in [6, 6.07) is 10.4. The zero-order chi connectivity index (χ0) is 21.2. The predicted molar refractivity (Wildman–Crippen MR) is 127 cm³/mol. The maximum Gasteiger partial charge on any atom is 0.169 e. The summed E-state index contributed by atoms with van der Waals surface area (Å²) >= 11 is 7.50. The van der Waals surface area contributed by atoms with Crippen LogP contribution < -0.4 is 14.8 Å². The van der Waals surface area contributed by atoms with Crippen LogP contribution in [0.15, 0.2) is 35.7 Å². The average molecular weight is 449 g/mol. The molecule has 2 heterocycles. The summed E-state index contributed by atoms with van der Waals surface area (Å²) in [5, 5.41) is 6.34. The van der Waals surface area contributed by atoms with Gasteiger partial charge in [-0.05, 0) is 74.5 Å². The molecule has 0 amide bonds. The maximum atomic E-state index is 5.84. The highest BCUT2D eigenvalue weighted by atomic mass is 32.1. The Morgan fingerprint density at radius 1 is 1.23 bits per heavy atom. The molecule has 1 fully saturated rings. The summed E-state index contributed by atoms with van der Waals surface area (Å²) in [4.78, 5) is 3.55. The summed E-state index contributed by atoms with van der Waals surface area (Å²) in [7, 11) is 0. The standard InChI is InChI=1S/C23H32N2O3S2/c1-3-26-21-10-9-18(15-22(21)27-4-2)11-12-24-23(29)25(16-19-7-5-13-28-19)17-20-8-6-14-30-20/h6,8-10,14-15,19H,3-5,7,11-13,16-17H2,1-2H3,(H,24,29)/t19-/m0/s1. The SMILES string of the molecule is CCOc1ccc(CCNC(=S)N(Cc2cccs2)C[C@@H]2CCCO2)cc1OCC. The van der Waals surface area contributed by atoms with E-state index in [-0.39, 0.29) is 6.10 Å². The molecule has 0 spiro atoms. The molecule has 30 heavy (non-hydrogen) atoms. The quantitative estimate of drug-likeness (QED) is 0.505. The first-order valence-electron chi connectivity index (χ1n) is 10.7. The highest BCUT2D eigenvalue weighted by molar-refractivity contribution is 7.80. The fourth-order valence-electron chi connectivity index (χ4n) is 3.52. The highest BCUT2D eigenvalue weighted by Gasteiger charge is 2.21. The van der Waals surface area contributed by atoms with Crippen molar-refractivity contribution in [1.29, 1.82) is 0 Å². The Morgan fingerprint density at radius 3 is 2.77 bits per heavy atom. The van der Waals surface area contributed by atoms with Gasteiger partial charge in [-0.2, -0.15) is 0 Å². The third-order valence-electron chi connectivity index (χ3n) is 4.96. The molecule has 0 aliphatic carbocycles. The molecule has 2 aromatic rings. The Balaban J connectivity index is 1.55. The first-order chi connectivity index (χ1) is 14.7. The lowest BCUT2D eigenvalue weighted by molar-refractivity contribution is 0.0899. The molecule has 3 rings (SSSR count). The van der Waals surface area contributed by atoms with Gasteiger partial charge in [-0.1, -0.05) is 12.1 Å². The third-order valence-corrected chi connectivity index (χ3v) is 6.22. The summed E-state index contributed by atoms with van der Waals surface area (Å²) in [5.41, 5.74) is 1.20. The molecule has 1 aromatic heterocycles. The van der Waals surface area contributed by atoms with Crippen LogP contribution >= 0.6 is 23.6 Å². The number of nitrogens with zero attached hydrogens (tertiary/aromatic N) is 1. The number of thiocarbonyl (C=S) groups is 1. The van der Waals surface area contributed by atoms with Gasteiger partial charge in [-0.3, -0.25) is 0 Å². The molecule has 1 atom stereocenters. The van der Waals surface area contributed by atoms with Gasteiger partial charge in [0.15, 0.2) is 16.6 Å². The van der Waals surface area contributed by atoms with E-state index in [4.69, 9.17) is 26.4 Å². The van der Waals surface area contributed by atoms with Crippen LogP contribution in [0, 0.1) is 0 Å². The van der Waals surface area contributed by atoms with E-state index in [1.807, 2.05) is 19.9 Å². The number of thiophene rings is 1. The van der Waals surface area contributed by atoms with Gasteiger partial charge >= 0.3 is 0 Å². The summed E-state index contributed by atoms with van der Waals surface area (Å²) in [6.07, 6.45) is 3.37. The van der Waals surface area contributed by atoms with Crippen LogP contribution in [0.25, 0.3) is 0 Å². The van der Waals surface area contributed by atoms with Crippen LogP contribution in [0.2, 0.25) is 0 Å². The molecular formula is C23H32N2O3S2. The van der Waals surface area contributed by atoms with Crippen LogP contribution in [0.1, 0.15) is 37.1 Å². The van der Waals surface area contributed by atoms with Crippen molar-refractivity contribution in [3.05, 3.63) is 46.2 Å². The van der Waals surface area contributed by atoms with Crippen molar-refractivity contribution >= 4 is 28.7 Å². The Morgan fingerprint density at radius 2 is 2.07 bits per heavy atom. The number of nitrogens with one attached hydrogen (secondary N) is 1. The minimum Gasteiger partial charge on any atom is -0.490 e. The van der Waals surface area contributed by atoms with E-state index in [0.717, 1.165) is 62.1 Å². The van der Waals surface area contributed by atoms with E-state index in [1.54, 1.807) is 11.3 Å². The Bertz CT molecular complexity index is 777. The van der Waals surface area contributed by atoms with Gasteiger partial charge in [0, 0.05) is 24.6 Å². The molecule has 0 radical (unpaired) electrons. The van der Waals surface area contributed by atoms with Crippen LogP contribution in [-0.4, -0.2) is 49.0 Å². The van der Waals surface area contributed by atoms with Crippen LogP contribution in [0.4, 0.5) is 0 Å². The Labute approximate surface area is 189 Å². The van der Waals surface area contributed by atoms with Crippen LogP contribution in [0.5, 0.6) is 11.5 Å². The lowest BCUT2D eigenvalue weighted by Crippen LogP contribution is -2.43. The Hall–Kier alpha value is -1.83. The molecule has 0 saturated carbocycles. The minimum atomic E-state index is 0.268. The topological polar surface area (TPSA) is 43.0 Å². The highest BCUT2D eigenvalue weighted by Crippen LogP contribution is 2.28. The molecule has 1 aromatic carbocycles. The van der Waals surface area contributed by atoms with Crippen LogP contribution in [-0.2, 0) is 17.7 Å². The van der Waals surface area contributed by atoms with Crippen molar-refractivity contribution in [1.82, 2.24) is 10.2 Å². The molecule has 164 valence electrons. The molecule has 7 heteroatoms. The zero-order valence-corrected chi connectivity index (χ0v) is 19.5. The normalized spacial score (nSPS) is 15.7. The first-order valence-corrected chi connectivity index (χ1v) is 12.0. The number of rotatable bonds is 11. The van der Waals surface area contributed by atoms with E-state index >= 15 is 0 Å². The lowest BCUT2D eigenvalue weighted by atomic mass is 10.1. The van der Waals surface area contributed by atoms with Gasteiger partial charge in [0.1, 0.15) is 0 Å². The van der Waals surface area contributed by atoms with Gasteiger partial charge in [0.05, 0.1) is 25.9 Å². The van der Waals surface area contributed by atoms with Gasteiger partial charge in [0.2, 0.25) is 0 Å². The number of hydrogen-bond acceptors (Lipinski definition) is 5. The lowest BCUT2D eigenvalue weighted by Gasteiger charge is -2.28. The molecule has 0 unspecified atom stereocenters. The summed E-state index contributed by atoms with van der Waals surface area (Å²) in [6.45, 7) is 8.49. The fraction of sp³-hybridized carbons (Fsp3) is 0.522. The summed E-state index contributed by atoms with van der Waals surface area (Å²) in [5.74, 6) is 1.60. The van der Waals surface area contributed by atoms with E-state index in [2.05, 4.69) is 39.9 Å². The van der Waals surface area contributed by atoms with Crippen molar-refractivity contribution in [2.75, 3.05) is 32.9 Å². The molecule has 0 bridgehead atoms. The van der Waals surface area contributed by atoms with E-state index in [9.17, 15) is 0 Å². The minimum absolute atomic E-state index is 0.268. The van der Waals surface area contributed by atoms with Crippen molar-refractivity contribution < 1.29 is 14.2 Å². The van der Waals surface area contributed by atoms with Gasteiger partial charge in [-0.15, -0.1) is 11.3 Å². The van der Waals surface area contributed by atoms with Crippen molar-refractivity contribution in [2.24, 2.45) is 0 Å². The van der Waals surface area contributed by atoms with Crippen molar-refractivity contribution in [3.63, 3.8) is 0 Å². The molecule has 1 N–H and O–H groups in total. The van der Waals surface area contributed by atoms with E-state index < -0.39 is 0 Å². The summed E-state index contributed by atoms with van der Waals surface area (Å²) < 4.78 is 17.2. The molecule has 1 saturated heterocycles. The second kappa shape index (κ2) is 12.1. The van der Waals surface area contributed by atoms with Gasteiger partial charge in [0.25, 0.3) is 0 Å². The van der Waals surface area contributed by atoms with E-state index in [0.29, 0.717) is 13.2 Å².